The quantitative estimate of drug-likeness (QED) is 0.786. The van der Waals surface area contributed by atoms with Crippen LogP contribution in [0.4, 0.5) is 0 Å². The molecule has 4 nitrogen and oxygen atoms in total. The van der Waals surface area contributed by atoms with Gasteiger partial charge in [-0.1, -0.05) is 13.8 Å². The van der Waals surface area contributed by atoms with Crippen LogP contribution in [-0.4, -0.2) is 59.8 Å². The van der Waals surface area contributed by atoms with Crippen molar-refractivity contribution in [1.29, 1.82) is 0 Å². The summed E-state index contributed by atoms with van der Waals surface area (Å²) in [6.07, 6.45) is 0.236. The van der Waals surface area contributed by atoms with Crippen LogP contribution < -0.4 is 0 Å². The van der Waals surface area contributed by atoms with Crippen molar-refractivity contribution in [3.05, 3.63) is 0 Å². The number of aliphatic carboxylic acids is 1. The number of nitrogens with zero attached hydrogens (tertiary/aromatic N) is 1. The van der Waals surface area contributed by atoms with Crippen LogP contribution in [0.3, 0.4) is 0 Å². The number of carboxylic acids is 1. The summed E-state index contributed by atoms with van der Waals surface area (Å²) in [4.78, 5) is 13.2. The fourth-order valence-electron chi connectivity index (χ4n) is 2.32. The summed E-state index contributed by atoms with van der Waals surface area (Å²) in [6, 6.07) is 0.471. The van der Waals surface area contributed by atoms with E-state index in [0.717, 1.165) is 18.1 Å². The summed E-state index contributed by atoms with van der Waals surface area (Å²) >= 11 is 1.85. The summed E-state index contributed by atoms with van der Waals surface area (Å²) < 4.78 is 5.28. The molecule has 0 aromatic rings. The van der Waals surface area contributed by atoms with Crippen LogP contribution in [0.15, 0.2) is 0 Å². The van der Waals surface area contributed by atoms with Crippen LogP contribution in [0.2, 0.25) is 0 Å². The van der Waals surface area contributed by atoms with Gasteiger partial charge in [0.2, 0.25) is 0 Å². The van der Waals surface area contributed by atoms with E-state index < -0.39 is 5.97 Å². The van der Waals surface area contributed by atoms with Gasteiger partial charge in [-0.15, -0.1) is 0 Å². The van der Waals surface area contributed by atoms with Gasteiger partial charge in [0.25, 0.3) is 0 Å². The zero-order chi connectivity index (χ0) is 12.8. The van der Waals surface area contributed by atoms with E-state index in [0.29, 0.717) is 18.6 Å². The Morgan fingerprint density at radius 2 is 2.29 bits per heavy atom. The highest BCUT2D eigenvalue weighted by molar-refractivity contribution is 7.99. The molecule has 2 atom stereocenters. The van der Waals surface area contributed by atoms with Crippen molar-refractivity contribution in [1.82, 2.24) is 4.90 Å². The molecular formula is C12H23NO3S. The standard InChI is InChI=1S/C12H23NO3S/c1-9(2)11(7-16-3)13-4-5-17-8-10(13)6-12(14)15/h9-11H,4-8H2,1-3H3,(H,14,15). The van der Waals surface area contributed by atoms with Gasteiger partial charge in [-0.05, 0) is 5.92 Å². The maximum absolute atomic E-state index is 10.9. The molecule has 0 radical (unpaired) electrons. The molecule has 0 aliphatic carbocycles. The molecule has 100 valence electrons. The molecule has 1 rings (SSSR count). The van der Waals surface area contributed by atoms with Gasteiger partial charge in [-0.25, -0.2) is 0 Å². The Hall–Kier alpha value is -0.260. The lowest BCUT2D eigenvalue weighted by molar-refractivity contribution is -0.138. The van der Waals surface area contributed by atoms with Crippen molar-refractivity contribution in [3.8, 4) is 0 Å². The van der Waals surface area contributed by atoms with Gasteiger partial charge in [0.15, 0.2) is 0 Å². The van der Waals surface area contributed by atoms with Crippen molar-refractivity contribution in [2.24, 2.45) is 5.92 Å². The molecule has 1 N–H and O–H groups in total. The molecular weight excluding hydrogens is 238 g/mol. The summed E-state index contributed by atoms with van der Waals surface area (Å²) in [5.74, 6) is 1.78. The van der Waals surface area contributed by atoms with E-state index in [2.05, 4.69) is 18.7 Å². The highest BCUT2D eigenvalue weighted by Crippen LogP contribution is 2.24. The van der Waals surface area contributed by atoms with Crippen LogP contribution in [0.1, 0.15) is 20.3 Å². The van der Waals surface area contributed by atoms with Crippen molar-refractivity contribution >= 4 is 17.7 Å². The zero-order valence-electron chi connectivity index (χ0n) is 10.9. The molecule has 17 heavy (non-hydrogen) atoms. The molecule has 0 amide bonds. The molecule has 0 bridgehead atoms. The monoisotopic (exact) mass is 261 g/mol. The molecule has 1 aliphatic heterocycles. The number of ether oxygens (including phenoxy) is 1. The Labute approximate surface area is 108 Å². The van der Waals surface area contributed by atoms with Gasteiger partial charge in [0.05, 0.1) is 13.0 Å². The van der Waals surface area contributed by atoms with E-state index in [1.807, 2.05) is 11.8 Å². The van der Waals surface area contributed by atoms with Crippen molar-refractivity contribution in [2.45, 2.75) is 32.4 Å². The van der Waals surface area contributed by atoms with Gasteiger partial charge in [0.1, 0.15) is 0 Å². The maximum Gasteiger partial charge on any atom is 0.304 e. The summed E-state index contributed by atoms with van der Waals surface area (Å²) in [5, 5.41) is 8.97. The third-order valence-electron chi connectivity index (χ3n) is 3.22. The first-order valence-electron chi connectivity index (χ1n) is 6.10. The van der Waals surface area contributed by atoms with Crippen molar-refractivity contribution in [2.75, 3.05) is 31.8 Å². The first-order chi connectivity index (χ1) is 8.06. The Morgan fingerprint density at radius 3 is 2.82 bits per heavy atom. The summed E-state index contributed by atoms with van der Waals surface area (Å²) in [7, 11) is 1.71. The van der Waals surface area contributed by atoms with Crippen LogP contribution in [0.5, 0.6) is 0 Å². The largest absolute Gasteiger partial charge is 0.481 e. The second-order valence-electron chi connectivity index (χ2n) is 4.83. The number of carbonyl (C=O) groups is 1. The van der Waals surface area contributed by atoms with Crippen LogP contribution >= 0.6 is 11.8 Å². The molecule has 0 aromatic carbocycles. The van der Waals surface area contributed by atoms with Crippen LogP contribution in [0, 0.1) is 5.92 Å². The van der Waals surface area contributed by atoms with Crippen LogP contribution in [-0.2, 0) is 9.53 Å². The van der Waals surface area contributed by atoms with Gasteiger partial charge in [-0.2, -0.15) is 11.8 Å². The average Bonchev–Trinajstić information content (AvgIpc) is 2.26. The van der Waals surface area contributed by atoms with Gasteiger partial charge in [0, 0.05) is 37.2 Å². The third kappa shape index (κ3) is 4.48. The SMILES string of the molecule is COCC(C(C)C)N1CCSCC1CC(=O)O. The maximum atomic E-state index is 10.9. The highest BCUT2D eigenvalue weighted by Gasteiger charge is 2.32. The average molecular weight is 261 g/mol. The molecule has 1 heterocycles. The van der Waals surface area contributed by atoms with E-state index >= 15 is 0 Å². The fourth-order valence-corrected chi connectivity index (χ4v) is 3.41. The number of thioether (sulfide) groups is 1. The molecule has 5 heteroatoms. The van der Waals surface area contributed by atoms with E-state index in [1.54, 1.807) is 7.11 Å². The molecule has 1 fully saturated rings. The topological polar surface area (TPSA) is 49.8 Å². The number of rotatable bonds is 6. The number of carboxylic acid groups (broad SMARTS) is 1. The number of hydrogen-bond donors (Lipinski definition) is 1. The fraction of sp³-hybridized carbons (Fsp3) is 0.917. The normalized spacial score (nSPS) is 23.9. The van der Waals surface area contributed by atoms with E-state index in [1.165, 1.54) is 0 Å². The predicted molar refractivity (Wildman–Crippen MR) is 70.6 cm³/mol. The first kappa shape index (κ1) is 14.8. The Bertz CT molecular complexity index is 248. The Kier molecular flexibility index (Phi) is 6.30. The summed E-state index contributed by atoms with van der Waals surface area (Å²) in [5.41, 5.74) is 0. The minimum Gasteiger partial charge on any atom is -0.481 e. The van der Waals surface area contributed by atoms with Gasteiger partial charge < -0.3 is 9.84 Å². The van der Waals surface area contributed by atoms with Crippen molar-refractivity contribution < 1.29 is 14.6 Å². The van der Waals surface area contributed by atoms with E-state index in [-0.39, 0.29) is 12.5 Å². The second kappa shape index (κ2) is 7.24. The van der Waals surface area contributed by atoms with Crippen LogP contribution in [0.25, 0.3) is 0 Å². The smallest absolute Gasteiger partial charge is 0.304 e. The lowest BCUT2D eigenvalue weighted by atomic mass is 10.0. The minimum absolute atomic E-state index is 0.147. The second-order valence-corrected chi connectivity index (χ2v) is 5.98. The molecule has 0 aromatic heterocycles. The summed E-state index contributed by atoms with van der Waals surface area (Å²) in [6.45, 7) is 5.99. The Morgan fingerprint density at radius 1 is 1.59 bits per heavy atom. The zero-order valence-corrected chi connectivity index (χ0v) is 11.7. The molecule has 1 aliphatic rings. The van der Waals surface area contributed by atoms with E-state index in [4.69, 9.17) is 9.84 Å². The number of hydrogen-bond acceptors (Lipinski definition) is 4. The number of methoxy groups -OCH3 is 1. The molecule has 1 saturated heterocycles. The lowest BCUT2D eigenvalue weighted by Crippen LogP contribution is -2.52. The highest BCUT2D eigenvalue weighted by atomic mass is 32.2. The molecule has 0 spiro atoms. The Balaban J connectivity index is 2.69. The minimum atomic E-state index is -0.706. The first-order valence-corrected chi connectivity index (χ1v) is 7.26. The van der Waals surface area contributed by atoms with Gasteiger partial charge >= 0.3 is 5.97 Å². The molecule has 2 unspecified atom stereocenters. The molecule has 0 saturated carbocycles. The van der Waals surface area contributed by atoms with E-state index in [9.17, 15) is 4.79 Å². The van der Waals surface area contributed by atoms with Crippen molar-refractivity contribution in [3.63, 3.8) is 0 Å². The predicted octanol–water partition coefficient (Wildman–Crippen LogP) is 1.55. The third-order valence-corrected chi connectivity index (χ3v) is 4.31. The van der Waals surface area contributed by atoms with Gasteiger partial charge in [-0.3, -0.25) is 9.69 Å². The lowest BCUT2D eigenvalue weighted by Gasteiger charge is -2.42.